The summed E-state index contributed by atoms with van der Waals surface area (Å²) in [6, 6.07) is 6.11. The minimum atomic E-state index is -0.0233. The van der Waals surface area contributed by atoms with E-state index < -0.39 is 0 Å². The smallest absolute Gasteiger partial charge is 0.234 e. The number of hydrogen-bond donors (Lipinski definition) is 2. The zero-order chi connectivity index (χ0) is 15.8. The molecule has 122 valence electrons. The number of nitrogens with one attached hydrogen (secondary N) is 2. The van der Waals surface area contributed by atoms with Crippen LogP contribution >= 0.6 is 0 Å². The first-order valence-corrected chi connectivity index (χ1v) is 7.87. The van der Waals surface area contributed by atoms with Crippen LogP contribution in [-0.4, -0.2) is 39.3 Å². The van der Waals surface area contributed by atoms with E-state index in [0.717, 1.165) is 17.9 Å². The highest BCUT2D eigenvalue weighted by Crippen LogP contribution is 2.30. The lowest BCUT2D eigenvalue weighted by atomic mass is 10.1. The summed E-state index contributed by atoms with van der Waals surface area (Å²) in [5.41, 5.74) is 2.19. The normalized spacial score (nSPS) is 13.9. The van der Waals surface area contributed by atoms with Crippen LogP contribution in [0.25, 0.3) is 0 Å². The van der Waals surface area contributed by atoms with Crippen LogP contribution in [-0.2, 0) is 16.1 Å². The van der Waals surface area contributed by atoms with Crippen molar-refractivity contribution >= 4 is 5.91 Å². The third-order valence-electron chi connectivity index (χ3n) is 3.64. The van der Waals surface area contributed by atoms with Crippen molar-refractivity contribution in [3.8, 4) is 5.75 Å². The van der Waals surface area contributed by atoms with Crippen molar-refractivity contribution in [3.05, 3.63) is 29.3 Å². The SMILES string of the molecule is COCCNCC(=O)NCc1ccc(C)cc1OCC1CC1. The molecule has 1 aliphatic carbocycles. The second kappa shape index (κ2) is 8.76. The molecule has 0 heterocycles. The number of methoxy groups -OCH3 is 1. The van der Waals surface area contributed by atoms with Crippen LogP contribution in [0.2, 0.25) is 0 Å². The highest BCUT2D eigenvalue weighted by atomic mass is 16.5. The van der Waals surface area contributed by atoms with Crippen molar-refractivity contribution in [1.29, 1.82) is 0 Å². The highest BCUT2D eigenvalue weighted by molar-refractivity contribution is 5.78. The molecule has 1 aromatic rings. The van der Waals surface area contributed by atoms with E-state index in [9.17, 15) is 4.79 Å². The van der Waals surface area contributed by atoms with Gasteiger partial charge in [0.05, 0.1) is 19.8 Å². The number of amides is 1. The zero-order valence-electron chi connectivity index (χ0n) is 13.5. The third-order valence-corrected chi connectivity index (χ3v) is 3.64. The van der Waals surface area contributed by atoms with Crippen LogP contribution in [0.3, 0.4) is 0 Å². The number of carbonyl (C=O) groups is 1. The van der Waals surface area contributed by atoms with Gasteiger partial charge in [-0.2, -0.15) is 0 Å². The molecular formula is C17H26N2O3. The molecule has 1 amide bonds. The lowest BCUT2D eigenvalue weighted by molar-refractivity contribution is -0.120. The maximum atomic E-state index is 11.8. The third kappa shape index (κ3) is 6.03. The van der Waals surface area contributed by atoms with Crippen LogP contribution in [0.5, 0.6) is 5.75 Å². The fourth-order valence-electron chi connectivity index (χ4n) is 2.07. The molecule has 0 aliphatic heterocycles. The molecule has 0 atom stereocenters. The van der Waals surface area contributed by atoms with Crippen LogP contribution in [0.4, 0.5) is 0 Å². The Morgan fingerprint density at radius 3 is 2.91 bits per heavy atom. The molecular weight excluding hydrogens is 280 g/mol. The minimum absolute atomic E-state index is 0.0233. The van der Waals surface area contributed by atoms with Gasteiger partial charge < -0.3 is 20.1 Å². The lowest BCUT2D eigenvalue weighted by Gasteiger charge is -2.13. The zero-order valence-corrected chi connectivity index (χ0v) is 13.5. The van der Waals surface area contributed by atoms with E-state index in [0.29, 0.717) is 32.2 Å². The summed E-state index contributed by atoms with van der Waals surface area (Å²) in [6.07, 6.45) is 2.54. The van der Waals surface area contributed by atoms with Crippen LogP contribution in [0.15, 0.2) is 18.2 Å². The van der Waals surface area contributed by atoms with Gasteiger partial charge in [0, 0.05) is 25.8 Å². The second-order valence-corrected chi connectivity index (χ2v) is 5.81. The fraction of sp³-hybridized carbons (Fsp3) is 0.588. The van der Waals surface area contributed by atoms with E-state index in [4.69, 9.17) is 9.47 Å². The van der Waals surface area contributed by atoms with Gasteiger partial charge in [-0.15, -0.1) is 0 Å². The standard InChI is InChI=1S/C17H26N2O3/c1-13-3-6-15(16(9-13)22-12-14-4-5-14)10-19-17(20)11-18-7-8-21-2/h3,6,9,14,18H,4-5,7-8,10-12H2,1-2H3,(H,19,20). The topological polar surface area (TPSA) is 59.6 Å². The number of ether oxygens (including phenoxy) is 2. The molecule has 2 N–H and O–H groups in total. The Morgan fingerprint density at radius 2 is 2.18 bits per heavy atom. The van der Waals surface area contributed by atoms with E-state index in [1.165, 1.54) is 18.4 Å². The average Bonchev–Trinajstić information content (AvgIpc) is 3.33. The summed E-state index contributed by atoms with van der Waals surface area (Å²) < 4.78 is 10.8. The molecule has 0 saturated heterocycles. The monoisotopic (exact) mass is 306 g/mol. The van der Waals surface area contributed by atoms with E-state index >= 15 is 0 Å². The molecule has 0 radical (unpaired) electrons. The van der Waals surface area contributed by atoms with Crippen molar-refractivity contribution < 1.29 is 14.3 Å². The van der Waals surface area contributed by atoms with Gasteiger partial charge >= 0.3 is 0 Å². The minimum Gasteiger partial charge on any atom is -0.493 e. The molecule has 0 aromatic heterocycles. The molecule has 5 heteroatoms. The van der Waals surface area contributed by atoms with Gasteiger partial charge in [-0.25, -0.2) is 0 Å². The molecule has 1 fully saturated rings. The van der Waals surface area contributed by atoms with E-state index in [1.807, 2.05) is 25.1 Å². The Balaban J connectivity index is 1.78. The number of rotatable bonds is 10. The predicted octanol–water partition coefficient (Wildman–Crippen LogP) is 1.64. The Bertz CT molecular complexity index is 487. The van der Waals surface area contributed by atoms with Gasteiger partial charge in [0.15, 0.2) is 0 Å². The molecule has 0 unspecified atom stereocenters. The van der Waals surface area contributed by atoms with Crippen LogP contribution < -0.4 is 15.4 Å². The summed E-state index contributed by atoms with van der Waals surface area (Å²) in [5.74, 6) is 1.58. The van der Waals surface area contributed by atoms with Crippen molar-refractivity contribution in [2.24, 2.45) is 5.92 Å². The Hall–Kier alpha value is -1.59. The molecule has 22 heavy (non-hydrogen) atoms. The van der Waals surface area contributed by atoms with E-state index in [-0.39, 0.29) is 5.91 Å². The Morgan fingerprint density at radius 1 is 1.36 bits per heavy atom. The summed E-state index contributed by atoms with van der Waals surface area (Å²) in [5, 5.41) is 5.94. The highest BCUT2D eigenvalue weighted by Gasteiger charge is 2.22. The van der Waals surface area contributed by atoms with Crippen molar-refractivity contribution in [1.82, 2.24) is 10.6 Å². The van der Waals surface area contributed by atoms with E-state index in [2.05, 4.69) is 10.6 Å². The maximum Gasteiger partial charge on any atom is 0.234 e. The molecule has 0 spiro atoms. The van der Waals surface area contributed by atoms with E-state index in [1.54, 1.807) is 7.11 Å². The summed E-state index contributed by atoms with van der Waals surface area (Å²) in [7, 11) is 1.64. The number of hydrogen-bond acceptors (Lipinski definition) is 4. The molecule has 1 aliphatic rings. The lowest BCUT2D eigenvalue weighted by Crippen LogP contribution is -2.34. The molecule has 0 bridgehead atoms. The van der Waals surface area contributed by atoms with Crippen molar-refractivity contribution in [3.63, 3.8) is 0 Å². The summed E-state index contributed by atoms with van der Waals surface area (Å²) >= 11 is 0. The Kier molecular flexibility index (Phi) is 6.68. The average molecular weight is 306 g/mol. The van der Waals surface area contributed by atoms with Gasteiger partial charge in [0.2, 0.25) is 5.91 Å². The number of carbonyl (C=O) groups excluding carboxylic acids is 1. The summed E-state index contributed by atoms with van der Waals surface area (Å²) in [6.45, 7) is 4.89. The molecule has 2 rings (SSSR count). The Labute approximate surface area is 132 Å². The quantitative estimate of drug-likeness (QED) is 0.645. The van der Waals surface area contributed by atoms with Crippen LogP contribution in [0, 0.1) is 12.8 Å². The summed E-state index contributed by atoms with van der Waals surface area (Å²) in [4.78, 5) is 11.8. The first-order chi connectivity index (χ1) is 10.7. The predicted molar refractivity (Wildman–Crippen MR) is 86.0 cm³/mol. The number of aryl methyl sites for hydroxylation is 1. The van der Waals surface area contributed by atoms with Gasteiger partial charge in [-0.1, -0.05) is 12.1 Å². The van der Waals surface area contributed by atoms with Gasteiger partial charge in [0.25, 0.3) is 0 Å². The maximum absolute atomic E-state index is 11.8. The fourth-order valence-corrected chi connectivity index (χ4v) is 2.07. The van der Waals surface area contributed by atoms with Gasteiger partial charge in [-0.3, -0.25) is 4.79 Å². The molecule has 5 nitrogen and oxygen atoms in total. The first-order valence-electron chi connectivity index (χ1n) is 7.87. The molecule has 1 saturated carbocycles. The van der Waals surface area contributed by atoms with Crippen molar-refractivity contribution in [2.45, 2.75) is 26.3 Å². The van der Waals surface area contributed by atoms with Crippen molar-refractivity contribution in [2.75, 3.05) is 33.4 Å². The van der Waals surface area contributed by atoms with Gasteiger partial charge in [-0.05, 0) is 37.3 Å². The van der Waals surface area contributed by atoms with Gasteiger partial charge in [0.1, 0.15) is 5.75 Å². The second-order valence-electron chi connectivity index (χ2n) is 5.81. The first kappa shape index (κ1) is 16.8. The largest absolute Gasteiger partial charge is 0.493 e. The number of benzene rings is 1. The van der Waals surface area contributed by atoms with Crippen LogP contribution in [0.1, 0.15) is 24.0 Å². The molecule has 1 aromatic carbocycles.